The van der Waals surface area contributed by atoms with Crippen LogP contribution < -0.4 is 0 Å². The molecule has 0 aromatic heterocycles. The van der Waals surface area contributed by atoms with Crippen LogP contribution in [0.2, 0.25) is 18.1 Å². The third-order valence-corrected chi connectivity index (χ3v) is 9.60. The molecule has 0 spiro atoms. The predicted octanol–water partition coefficient (Wildman–Crippen LogP) is 3.84. The molecule has 0 amide bonds. The summed E-state index contributed by atoms with van der Waals surface area (Å²) in [6.07, 6.45) is 3.70. The molecule has 1 rings (SSSR count). The van der Waals surface area contributed by atoms with Gasteiger partial charge in [-0.2, -0.15) is 0 Å². The lowest BCUT2D eigenvalue weighted by atomic mass is 9.82. The van der Waals surface area contributed by atoms with Gasteiger partial charge in [0.05, 0.1) is 19.6 Å². The van der Waals surface area contributed by atoms with Crippen molar-refractivity contribution in [3.05, 3.63) is 11.6 Å². The highest BCUT2D eigenvalue weighted by Gasteiger charge is 2.37. The van der Waals surface area contributed by atoms with Crippen LogP contribution in [0, 0.1) is 5.92 Å². The summed E-state index contributed by atoms with van der Waals surface area (Å²) in [5.41, 5.74) is 0.957. The van der Waals surface area contributed by atoms with Crippen molar-refractivity contribution in [3.8, 4) is 0 Å². The van der Waals surface area contributed by atoms with Gasteiger partial charge in [-0.3, -0.25) is 9.59 Å². The highest BCUT2D eigenvalue weighted by atomic mass is 28.4. The van der Waals surface area contributed by atoms with Crippen molar-refractivity contribution in [1.82, 2.24) is 0 Å². The van der Waals surface area contributed by atoms with E-state index in [9.17, 15) is 9.59 Å². The van der Waals surface area contributed by atoms with Crippen molar-refractivity contribution in [2.24, 2.45) is 5.92 Å². The van der Waals surface area contributed by atoms with Gasteiger partial charge in [-0.05, 0) is 31.0 Å². The number of rotatable bonds is 5. The van der Waals surface area contributed by atoms with Gasteiger partial charge in [-0.1, -0.05) is 32.4 Å². The van der Waals surface area contributed by atoms with Crippen LogP contribution in [0.3, 0.4) is 0 Å². The Balaban J connectivity index is 2.82. The monoisotopic (exact) mass is 356 g/mol. The number of esters is 2. The van der Waals surface area contributed by atoms with Gasteiger partial charge in [0.2, 0.25) is 0 Å². The van der Waals surface area contributed by atoms with Gasteiger partial charge in [0.25, 0.3) is 0 Å². The molecule has 0 saturated heterocycles. The standard InChI is InChI=1S/C18H32O5Si/c1-13(19)23-15-8-9-16(17(20)21-5)14(12-15)10-11-22-24(6,7)18(2,3)4/h10,15-16H,8-9,11-12H2,1-7H3. The fourth-order valence-electron chi connectivity index (χ4n) is 2.59. The summed E-state index contributed by atoms with van der Waals surface area (Å²) in [7, 11) is -0.429. The molecule has 6 heteroatoms. The Morgan fingerprint density at radius 3 is 2.38 bits per heavy atom. The second kappa shape index (κ2) is 8.29. The minimum Gasteiger partial charge on any atom is -0.469 e. The van der Waals surface area contributed by atoms with Crippen molar-refractivity contribution < 1.29 is 23.5 Å². The smallest absolute Gasteiger partial charge is 0.312 e. The molecule has 0 N–H and O–H groups in total. The summed E-state index contributed by atoms with van der Waals surface area (Å²) in [4.78, 5) is 23.2. The van der Waals surface area contributed by atoms with Crippen molar-refractivity contribution in [3.63, 3.8) is 0 Å². The highest BCUT2D eigenvalue weighted by Crippen LogP contribution is 2.37. The second-order valence-corrected chi connectivity index (χ2v) is 12.7. The van der Waals surface area contributed by atoms with Crippen LogP contribution in [-0.4, -0.2) is 40.1 Å². The van der Waals surface area contributed by atoms with Gasteiger partial charge in [-0.15, -0.1) is 0 Å². The molecule has 1 aliphatic carbocycles. The van der Waals surface area contributed by atoms with Gasteiger partial charge in [-0.25, -0.2) is 0 Å². The normalized spacial score (nSPS) is 23.9. The third-order valence-electron chi connectivity index (χ3n) is 5.10. The van der Waals surface area contributed by atoms with E-state index in [0.29, 0.717) is 25.9 Å². The lowest BCUT2D eigenvalue weighted by molar-refractivity contribution is -0.149. The zero-order valence-electron chi connectivity index (χ0n) is 16.1. The number of hydrogen-bond donors (Lipinski definition) is 0. The molecule has 0 aromatic carbocycles. The highest BCUT2D eigenvalue weighted by molar-refractivity contribution is 6.74. The topological polar surface area (TPSA) is 61.8 Å². The molecule has 5 nitrogen and oxygen atoms in total. The van der Waals surface area contributed by atoms with Crippen LogP contribution in [-0.2, 0) is 23.5 Å². The Bertz CT molecular complexity index is 490. The molecular formula is C18H32O5Si. The maximum atomic E-state index is 12.0. The van der Waals surface area contributed by atoms with Crippen molar-refractivity contribution >= 4 is 20.3 Å². The fraction of sp³-hybridized carbons (Fsp3) is 0.778. The van der Waals surface area contributed by atoms with Crippen LogP contribution in [0.4, 0.5) is 0 Å². The van der Waals surface area contributed by atoms with Gasteiger partial charge in [0.1, 0.15) is 6.10 Å². The summed E-state index contributed by atoms with van der Waals surface area (Å²) in [6, 6.07) is 0. The van der Waals surface area contributed by atoms with Gasteiger partial charge in [0, 0.05) is 13.3 Å². The first-order chi connectivity index (χ1) is 11.0. The van der Waals surface area contributed by atoms with Crippen molar-refractivity contribution in [2.75, 3.05) is 13.7 Å². The van der Waals surface area contributed by atoms with Gasteiger partial charge in [0.15, 0.2) is 8.32 Å². The average Bonchev–Trinajstić information content (AvgIpc) is 2.44. The molecule has 0 bridgehead atoms. The van der Waals surface area contributed by atoms with Crippen LogP contribution in [0.5, 0.6) is 0 Å². The third kappa shape index (κ3) is 5.74. The molecular weight excluding hydrogens is 324 g/mol. The van der Waals surface area contributed by atoms with Crippen LogP contribution in [0.15, 0.2) is 11.6 Å². The fourth-order valence-corrected chi connectivity index (χ4v) is 3.52. The first-order valence-electron chi connectivity index (χ1n) is 8.56. The maximum Gasteiger partial charge on any atom is 0.312 e. The molecule has 2 atom stereocenters. The molecule has 0 radical (unpaired) electrons. The zero-order valence-corrected chi connectivity index (χ0v) is 17.1. The van der Waals surface area contributed by atoms with E-state index in [0.717, 1.165) is 5.57 Å². The SMILES string of the molecule is COC(=O)C1CCC(OC(C)=O)CC1=CCO[Si](C)(C)C(C)(C)C. The van der Waals surface area contributed by atoms with E-state index in [1.165, 1.54) is 14.0 Å². The Morgan fingerprint density at radius 1 is 1.25 bits per heavy atom. The molecule has 2 unspecified atom stereocenters. The summed E-state index contributed by atoms with van der Waals surface area (Å²) in [5.74, 6) is -0.770. The molecule has 138 valence electrons. The zero-order chi connectivity index (χ0) is 18.5. The van der Waals surface area contributed by atoms with E-state index >= 15 is 0 Å². The largest absolute Gasteiger partial charge is 0.469 e. The minimum atomic E-state index is -1.84. The van der Waals surface area contributed by atoms with Gasteiger partial charge < -0.3 is 13.9 Å². The maximum absolute atomic E-state index is 12.0. The number of methoxy groups -OCH3 is 1. The van der Waals surface area contributed by atoms with E-state index in [4.69, 9.17) is 13.9 Å². The Morgan fingerprint density at radius 2 is 1.88 bits per heavy atom. The number of carbonyl (C=O) groups excluding carboxylic acids is 2. The molecule has 0 aliphatic heterocycles. The summed E-state index contributed by atoms with van der Waals surface area (Å²) in [6.45, 7) is 12.9. The average molecular weight is 357 g/mol. The van der Waals surface area contributed by atoms with E-state index < -0.39 is 8.32 Å². The molecule has 24 heavy (non-hydrogen) atoms. The summed E-state index contributed by atoms with van der Waals surface area (Å²) in [5, 5.41) is 0.139. The Labute approximate surface area is 146 Å². The van der Waals surface area contributed by atoms with Crippen molar-refractivity contribution in [2.45, 2.75) is 71.2 Å². The van der Waals surface area contributed by atoms with Crippen LogP contribution >= 0.6 is 0 Å². The predicted molar refractivity (Wildman–Crippen MR) is 96.1 cm³/mol. The minimum absolute atomic E-state index is 0.139. The second-order valence-electron chi connectivity index (χ2n) is 7.94. The van der Waals surface area contributed by atoms with E-state index in [1.807, 2.05) is 6.08 Å². The number of hydrogen-bond acceptors (Lipinski definition) is 5. The molecule has 0 heterocycles. The van der Waals surface area contributed by atoms with Crippen molar-refractivity contribution in [1.29, 1.82) is 0 Å². The first-order valence-corrected chi connectivity index (χ1v) is 11.5. The molecule has 0 aromatic rings. The van der Waals surface area contributed by atoms with E-state index in [-0.39, 0.29) is 29.0 Å². The Hall–Kier alpha value is -1.14. The molecule has 1 saturated carbocycles. The lowest BCUT2D eigenvalue weighted by Crippen LogP contribution is -2.41. The van der Waals surface area contributed by atoms with Gasteiger partial charge >= 0.3 is 11.9 Å². The Kier molecular flexibility index (Phi) is 7.22. The lowest BCUT2D eigenvalue weighted by Gasteiger charge is -2.36. The molecule has 1 fully saturated rings. The number of carbonyl (C=O) groups is 2. The van der Waals surface area contributed by atoms with Crippen LogP contribution in [0.1, 0.15) is 47.0 Å². The molecule has 1 aliphatic rings. The van der Waals surface area contributed by atoms with Crippen LogP contribution in [0.25, 0.3) is 0 Å². The summed E-state index contributed by atoms with van der Waals surface area (Å²) >= 11 is 0. The van der Waals surface area contributed by atoms with E-state index in [1.54, 1.807) is 0 Å². The number of ether oxygens (including phenoxy) is 2. The van der Waals surface area contributed by atoms with E-state index in [2.05, 4.69) is 33.9 Å². The first kappa shape index (κ1) is 20.9. The quantitative estimate of drug-likeness (QED) is 0.425. The summed E-state index contributed by atoms with van der Waals surface area (Å²) < 4.78 is 16.4.